The molecule has 168 valence electrons. The van der Waals surface area contributed by atoms with Gasteiger partial charge in [0.05, 0.1) is 39.8 Å². The van der Waals surface area contributed by atoms with E-state index in [1.54, 1.807) is 43.6 Å². The number of anilines is 1. The van der Waals surface area contributed by atoms with Crippen LogP contribution in [0.5, 0.6) is 23.0 Å². The smallest absolute Gasteiger partial charge is 0.265 e. The quantitative estimate of drug-likeness (QED) is 0.564. The van der Waals surface area contributed by atoms with Crippen molar-refractivity contribution in [2.45, 2.75) is 18.8 Å². The van der Waals surface area contributed by atoms with E-state index in [1.165, 1.54) is 30.9 Å². The Kier molecular flexibility index (Phi) is 5.62. The highest BCUT2D eigenvalue weighted by Gasteiger charge is 2.48. The van der Waals surface area contributed by atoms with Gasteiger partial charge in [-0.3, -0.25) is 4.79 Å². The first-order valence-corrected chi connectivity index (χ1v) is 9.83. The van der Waals surface area contributed by atoms with Crippen molar-refractivity contribution in [2.24, 2.45) is 0 Å². The Bertz CT molecular complexity index is 1120. The predicted octanol–water partition coefficient (Wildman–Crippen LogP) is 1.75. The van der Waals surface area contributed by atoms with Gasteiger partial charge in [-0.25, -0.2) is 4.68 Å². The van der Waals surface area contributed by atoms with Gasteiger partial charge in [0, 0.05) is 24.7 Å². The Labute approximate surface area is 184 Å². The van der Waals surface area contributed by atoms with Crippen LogP contribution >= 0.6 is 0 Å². The summed E-state index contributed by atoms with van der Waals surface area (Å²) < 4.78 is 23.2. The van der Waals surface area contributed by atoms with Gasteiger partial charge in [-0.15, -0.1) is 5.10 Å². The van der Waals surface area contributed by atoms with Crippen LogP contribution in [-0.2, 0) is 23.5 Å². The molecular weight excluding hydrogens is 416 g/mol. The number of carbonyl (C=O) groups is 1. The van der Waals surface area contributed by atoms with E-state index in [-0.39, 0.29) is 13.2 Å². The minimum absolute atomic E-state index is 0.0651. The van der Waals surface area contributed by atoms with Crippen LogP contribution in [0.4, 0.5) is 5.69 Å². The molecule has 1 amide bonds. The van der Waals surface area contributed by atoms with Crippen LogP contribution in [0.3, 0.4) is 0 Å². The fourth-order valence-corrected chi connectivity index (χ4v) is 3.78. The Balaban J connectivity index is 1.49. The van der Waals surface area contributed by atoms with E-state index in [9.17, 15) is 9.90 Å². The standard InChI is InChI=1S/C22H24N4O6/c1-25-17-8-6-5-7-16(17)22(28,21(25)27)13-26-11-14(23-24-26)12-32-15-9-18(29-2)20(31-4)19(10-15)30-3/h5-11,28H,12-13H2,1-4H3. The molecule has 1 aromatic heterocycles. The number of para-hydroxylation sites is 1. The minimum atomic E-state index is -1.71. The third kappa shape index (κ3) is 3.58. The van der Waals surface area contributed by atoms with Gasteiger partial charge in [-0.05, 0) is 6.07 Å². The number of fused-ring (bicyclic) bond motifs is 1. The number of carbonyl (C=O) groups excluding carboxylic acids is 1. The van der Waals surface area contributed by atoms with Crippen molar-refractivity contribution >= 4 is 11.6 Å². The van der Waals surface area contributed by atoms with Gasteiger partial charge in [0.1, 0.15) is 18.1 Å². The SMILES string of the molecule is COc1cc(OCc2cn(CC3(O)C(=O)N(C)c4ccccc43)nn2)cc(OC)c1OC. The maximum absolute atomic E-state index is 12.7. The number of benzene rings is 2. The van der Waals surface area contributed by atoms with Crippen molar-refractivity contribution in [3.8, 4) is 23.0 Å². The van der Waals surface area contributed by atoms with Crippen LogP contribution in [0.2, 0.25) is 0 Å². The first kappa shape index (κ1) is 21.4. The monoisotopic (exact) mass is 440 g/mol. The predicted molar refractivity (Wildman–Crippen MR) is 114 cm³/mol. The molecule has 0 saturated heterocycles. The van der Waals surface area contributed by atoms with E-state index in [1.807, 2.05) is 6.07 Å². The van der Waals surface area contributed by atoms with Crippen LogP contribution in [-0.4, -0.2) is 54.4 Å². The molecule has 0 bridgehead atoms. The van der Waals surface area contributed by atoms with Crippen molar-refractivity contribution < 1.29 is 28.8 Å². The maximum atomic E-state index is 12.7. The Morgan fingerprint density at radius 3 is 2.41 bits per heavy atom. The highest BCUT2D eigenvalue weighted by atomic mass is 16.5. The molecule has 10 nitrogen and oxygen atoms in total. The van der Waals surface area contributed by atoms with Crippen LogP contribution in [0.1, 0.15) is 11.3 Å². The van der Waals surface area contributed by atoms with Gasteiger partial charge in [0.25, 0.3) is 5.91 Å². The number of methoxy groups -OCH3 is 3. The van der Waals surface area contributed by atoms with E-state index in [4.69, 9.17) is 18.9 Å². The van der Waals surface area contributed by atoms with E-state index in [2.05, 4.69) is 10.3 Å². The second kappa shape index (κ2) is 8.39. The van der Waals surface area contributed by atoms with Crippen molar-refractivity contribution in [1.29, 1.82) is 0 Å². The summed E-state index contributed by atoms with van der Waals surface area (Å²) in [4.78, 5) is 14.2. The number of hydrogen-bond donors (Lipinski definition) is 1. The number of rotatable bonds is 8. The van der Waals surface area contributed by atoms with Crippen LogP contribution < -0.4 is 23.8 Å². The molecule has 1 aliphatic rings. The summed E-state index contributed by atoms with van der Waals surface area (Å²) in [6.45, 7) is 0.0475. The lowest BCUT2D eigenvalue weighted by molar-refractivity contribution is -0.137. The number of hydrogen-bond acceptors (Lipinski definition) is 8. The van der Waals surface area contributed by atoms with Crippen LogP contribution in [0, 0.1) is 0 Å². The third-order valence-electron chi connectivity index (χ3n) is 5.37. The van der Waals surface area contributed by atoms with Gasteiger partial charge in [-0.2, -0.15) is 0 Å². The number of nitrogens with zero attached hydrogens (tertiary/aromatic N) is 4. The Morgan fingerprint density at radius 1 is 1.06 bits per heavy atom. The largest absolute Gasteiger partial charge is 0.493 e. The van der Waals surface area contributed by atoms with Crippen molar-refractivity contribution in [3.63, 3.8) is 0 Å². The highest BCUT2D eigenvalue weighted by molar-refractivity contribution is 6.06. The van der Waals surface area contributed by atoms with E-state index in [0.717, 1.165) is 0 Å². The molecule has 0 saturated carbocycles. The summed E-state index contributed by atoms with van der Waals surface area (Å²) in [5, 5.41) is 19.3. The second-order valence-corrected chi connectivity index (χ2v) is 7.30. The summed E-state index contributed by atoms with van der Waals surface area (Å²) in [6.07, 6.45) is 1.63. The van der Waals surface area contributed by atoms with E-state index in [0.29, 0.717) is 39.9 Å². The van der Waals surface area contributed by atoms with Gasteiger partial charge in [0.15, 0.2) is 17.1 Å². The summed E-state index contributed by atoms with van der Waals surface area (Å²) in [6, 6.07) is 10.5. The molecule has 0 spiro atoms. The second-order valence-electron chi connectivity index (χ2n) is 7.30. The van der Waals surface area contributed by atoms with Crippen molar-refractivity contribution in [3.05, 3.63) is 53.9 Å². The highest BCUT2D eigenvalue weighted by Crippen LogP contribution is 2.41. The molecule has 1 atom stereocenters. The van der Waals surface area contributed by atoms with E-state index >= 15 is 0 Å². The zero-order valence-electron chi connectivity index (χ0n) is 18.2. The number of ether oxygens (including phenoxy) is 4. The average Bonchev–Trinajstić information content (AvgIpc) is 3.34. The molecule has 2 heterocycles. The summed E-state index contributed by atoms with van der Waals surface area (Å²) >= 11 is 0. The maximum Gasteiger partial charge on any atom is 0.265 e. The lowest BCUT2D eigenvalue weighted by Crippen LogP contribution is -2.42. The molecule has 1 unspecified atom stereocenters. The normalized spacial score (nSPS) is 17.3. The average molecular weight is 440 g/mol. The molecule has 1 N–H and O–H groups in total. The number of amides is 1. The van der Waals surface area contributed by atoms with Gasteiger partial charge in [-0.1, -0.05) is 23.4 Å². The molecular formula is C22H24N4O6. The number of likely N-dealkylation sites (N-methyl/N-ethyl adjacent to an activating group) is 1. The van der Waals surface area contributed by atoms with Gasteiger partial charge >= 0.3 is 0 Å². The number of aliphatic hydroxyl groups is 1. The fourth-order valence-electron chi connectivity index (χ4n) is 3.78. The fraction of sp³-hybridized carbons (Fsp3) is 0.318. The first-order valence-electron chi connectivity index (χ1n) is 9.83. The van der Waals surface area contributed by atoms with Crippen LogP contribution in [0.15, 0.2) is 42.6 Å². The lowest BCUT2D eigenvalue weighted by atomic mass is 9.95. The Morgan fingerprint density at radius 2 is 1.75 bits per heavy atom. The van der Waals surface area contributed by atoms with E-state index < -0.39 is 11.5 Å². The molecule has 0 fully saturated rings. The van der Waals surface area contributed by atoms with Crippen molar-refractivity contribution in [1.82, 2.24) is 15.0 Å². The molecule has 10 heteroatoms. The zero-order valence-corrected chi connectivity index (χ0v) is 18.2. The van der Waals surface area contributed by atoms with Gasteiger partial charge in [0.2, 0.25) is 5.75 Å². The topological polar surface area (TPSA) is 108 Å². The Hall–Kier alpha value is -3.79. The molecule has 3 aromatic rings. The minimum Gasteiger partial charge on any atom is -0.493 e. The molecule has 0 radical (unpaired) electrons. The van der Waals surface area contributed by atoms with Crippen LogP contribution in [0.25, 0.3) is 0 Å². The number of aromatic nitrogens is 3. The van der Waals surface area contributed by atoms with Gasteiger partial charge < -0.3 is 29.0 Å². The molecule has 0 aliphatic carbocycles. The summed E-state index contributed by atoms with van der Waals surface area (Å²) in [5.74, 6) is 1.48. The first-order chi connectivity index (χ1) is 15.4. The molecule has 1 aliphatic heterocycles. The van der Waals surface area contributed by atoms with Crippen molar-refractivity contribution in [2.75, 3.05) is 33.3 Å². The molecule has 32 heavy (non-hydrogen) atoms. The zero-order chi connectivity index (χ0) is 22.9. The summed E-state index contributed by atoms with van der Waals surface area (Å²) in [5.41, 5.74) is 0.0205. The summed E-state index contributed by atoms with van der Waals surface area (Å²) in [7, 11) is 6.21. The molecule has 4 rings (SSSR count). The third-order valence-corrected chi connectivity index (χ3v) is 5.37. The lowest BCUT2D eigenvalue weighted by Gasteiger charge is -2.21. The molecule has 2 aromatic carbocycles.